The fourth-order valence-corrected chi connectivity index (χ4v) is 1.22. The molecule has 0 aliphatic rings. The Morgan fingerprint density at radius 1 is 1.64 bits per heavy atom. The molecule has 1 amide bonds. The maximum absolute atomic E-state index is 11.3. The van der Waals surface area contributed by atoms with Gasteiger partial charge in [0.25, 0.3) is 5.91 Å². The van der Waals surface area contributed by atoms with Gasteiger partial charge in [-0.05, 0) is 13.0 Å². The highest BCUT2D eigenvalue weighted by Gasteiger charge is 2.10. The number of nitrogens with one attached hydrogen (secondary N) is 1. The van der Waals surface area contributed by atoms with Crippen molar-refractivity contribution in [3.05, 3.63) is 28.0 Å². The highest BCUT2D eigenvalue weighted by Crippen LogP contribution is 2.18. The number of aromatic nitrogens is 1. The monoisotopic (exact) mass is 234 g/mol. The summed E-state index contributed by atoms with van der Waals surface area (Å²) in [6.45, 7) is 2.13. The van der Waals surface area contributed by atoms with Crippen LogP contribution in [0.3, 0.4) is 0 Å². The van der Waals surface area contributed by atoms with Crippen LogP contribution in [-0.4, -0.2) is 17.5 Å². The summed E-state index contributed by atoms with van der Waals surface area (Å²) in [5, 5.41) is 0.477. The molecule has 1 aromatic rings. The Morgan fingerprint density at radius 2 is 2.36 bits per heavy atom. The van der Waals surface area contributed by atoms with Crippen molar-refractivity contribution in [3.63, 3.8) is 0 Å². The van der Waals surface area contributed by atoms with Crippen molar-refractivity contribution in [3.8, 4) is 0 Å². The standard InChI is InChI=1S/C8H8Cl2N2O2/c1-2-14-12-8(13)5-4-11-7(10)3-6(5)9/h3-4H,2H2,1H3,(H,12,13). The molecule has 1 heterocycles. The minimum Gasteiger partial charge on any atom is -0.274 e. The second-order valence-electron chi connectivity index (χ2n) is 2.35. The van der Waals surface area contributed by atoms with Gasteiger partial charge in [0.1, 0.15) is 5.15 Å². The number of carbonyl (C=O) groups is 1. The number of hydroxylamine groups is 1. The van der Waals surface area contributed by atoms with E-state index in [0.717, 1.165) is 0 Å². The highest BCUT2D eigenvalue weighted by molar-refractivity contribution is 6.36. The van der Waals surface area contributed by atoms with Crippen LogP contribution in [0.2, 0.25) is 10.2 Å². The summed E-state index contributed by atoms with van der Waals surface area (Å²) >= 11 is 11.3. The van der Waals surface area contributed by atoms with Gasteiger partial charge in [0, 0.05) is 6.20 Å². The molecule has 1 N–H and O–H groups in total. The molecule has 0 aromatic carbocycles. The van der Waals surface area contributed by atoms with Crippen molar-refractivity contribution in [2.45, 2.75) is 6.92 Å². The summed E-state index contributed by atoms with van der Waals surface area (Å²) in [5.74, 6) is -0.444. The zero-order valence-electron chi connectivity index (χ0n) is 7.38. The van der Waals surface area contributed by atoms with Crippen molar-refractivity contribution < 1.29 is 9.63 Å². The zero-order chi connectivity index (χ0) is 10.6. The Balaban J connectivity index is 2.80. The number of nitrogens with zero attached hydrogens (tertiary/aromatic N) is 1. The number of carbonyl (C=O) groups excluding carboxylic acids is 1. The average Bonchev–Trinajstić information content (AvgIpc) is 2.14. The Labute approximate surface area is 91.1 Å². The van der Waals surface area contributed by atoms with E-state index in [0.29, 0.717) is 6.61 Å². The van der Waals surface area contributed by atoms with Crippen molar-refractivity contribution in [2.75, 3.05) is 6.61 Å². The lowest BCUT2D eigenvalue weighted by molar-refractivity contribution is 0.0364. The predicted molar refractivity (Wildman–Crippen MR) is 53.3 cm³/mol. The summed E-state index contributed by atoms with van der Waals surface area (Å²) in [5.41, 5.74) is 2.43. The molecule has 0 saturated heterocycles. The normalized spacial score (nSPS) is 9.93. The molecule has 14 heavy (non-hydrogen) atoms. The summed E-state index contributed by atoms with van der Waals surface area (Å²) in [7, 11) is 0. The van der Waals surface area contributed by atoms with Crippen LogP contribution in [0, 0.1) is 0 Å². The minimum atomic E-state index is -0.444. The number of rotatable bonds is 3. The molecule has 0 atom stereocenters. The van der Waals surface area contributed by atoms with Crippen LogP contribution in [0.25, 0.3) is 0 Å². The van der Waals surface area contributed by atoms with Gasteiger partial charge in [0.2, 0.25) is 0 Å². The van der Waals surface area contributed by atoms with Gasteiger partial charge in [-0.3, -0.25) is 9.63 Å². The molecule has 76 valence electrons. The zero-order valence-corrected chi connectivity index (χ0v) is 8.89. The Hall–Kier alpha value is -0.840. The quantitative estimate of drug-likeness (QED) is 0.644. The van der Waals surface area contributed by atoms with Crippen molar-refractivity contribution in [2.24, 2.45) is 0 Å². The molecule has 0 aliphatic heterocycles. The largest absolute Gasteiger partial charge is 0.277 e. The number of hydrogen-bond donors (Lipinski definition) is 1. The number of pyridine rings is 1. The number of amides is 1. The smallest absolute Gasteiger partial charge is 0.274 e. The highest BCUT2D eigenvalue weighted by atomic mass is 35.5. The van der Waals surface area contributed by atoms with Crippen molar-refractivity contribution in [1.29, 1.82) is 0 Å². The lowest BCUT2D eigenvalue weighted by Gasteiger charge is -2.04. The molecule has 1 rings (SSSR count). The Bertz CT molecular complexity index is 344. The molecule has 0 saturated carbocycles. The van der Waals surface area contributed by atoms with Gasteiger partial charge in [-0.2, -0.15) is 0 Å². The van der Waals surface area contributed by atoms with Crippen LogP contribution >= 0.6 is 23.2 Å². The summed E-state index contributed by atoms with van der Waals surface area (Å²) < 4.78 is 0. The average molecular weight is 235 g/mol. The Morgan fingerprint density at radius 3 is 2.93 bits per heavy atom. The molecule has 0 radical (unpaired) electrons. The van der Waals surface area contributed by atoms with Crippen LogP contribution in [0.4, 0.5) is 0 Å². The van der Waals surface area contributed by atoms with E-state index in [1.165, 1.54) is 12.3 Å². The molecule has 1 aromatic heterocycles. The van der Waals surface area contributed by atoms with E-state index in [1.807, 2.05) is 0 Å². The maximum Gasteiger partial charge on any atom is 0.277 e. The third-order valence-electron chi connectivity index (χ3n) is 1.37. The van der Waals surface area contributed by atoms with Crippen LogP contribution in [0.1, 0.15) is 17.3 Å². The van der Waals surface area contributed by atoms with Gasteiger partial charge in [0.15, 0.2) is 0 Å². The van der Waals surface area contributed by atoms with Gasteiger partial charge in [-0.25, -0.2) is 10.5 Å². The summed E-state index contributed by atoms with van der Waals surface area (Å²) in [6.07, 6.45) is 1.29. The van der Waals surface area contributed by atoms with E-state index in [2.05, 4.69) is 10.5 Å². The molecule has 0 unspecified atom stereocenters. The molecule has 0 aliphatic carbocycles. The molecule has 0 bridgehead atoms. The van der Waals surface area contributed by atoms with Crippen LogP contribution in [0.5, 0.6) is 0 Å². The molecule has 6 heteroatoms. The summed E-state index contributed by atoms with van der Waals surface area (Å²) in [6, 6.07) is 1.39. The van der Waals surface area contributed by atoms with Gasteiger partial charge < -0.3 is 0 Å². The van der Waals surface area contributed by atoms with Gasteiger partial charge in [-0.1, -0.05) is 23.2 Å². The van der Waals surface area contributed by atoms with Crippen molar-refractivity contribution >= 4 is 29.1 Å². The minimum absolute atomic E-state index is 0.226. The molecule has 4 nitrogen and oxygen atoms in total. The van der Waals surface area contributed by atoms with E-state index >= 15 is 0 Å². The lowest BCUT2D eigenvalue weighted by atomic mass is 10.3. The van der Waals surface area contributed by atoms with E-state index in [4.69, 9.17) is 28.0 Å². The SMILES string of the molecule is CCONC(=O)c1cnc(Cl)cc1Cl. The second kappa shape index (κ2) is 5.14. The number of hydrogen-bond acceptors (Lipinski definition) is 3. The first kappa shape index (κ1) is 11.2. The summed E-state index contributed by atoms with van der Waals surface area (Å²) in [4.78, 5) is 19.8. The molecule has 0 spiro atoms. The fourth-order valence-electron chi connectivity index (χ4n) is 0.767. The number of halogens is 2. The van der Waals surface area contributed by atoms with Crippen LogP contribution < -0.4 is 5.48 Å². The lowest BCUT2D eigenvalue weighted by Crippen LogP contribution is -2.24. The predicted octanol–water partition coefficient (Wildman–Crippen LogP) is 2.07. The molecular formula is C8H8Cl2N2O2. The first-order chi connectivity index (χ1) is 6.65. The van der Waals surface area contributed by atoms with E-state index < -0.39 is 5.91 Å². The first-order valence-corrected chi connectivity index (χ1v) is 4.64. The molecule has 0 fully saturated rings. The topological polar surface area (TPSA) is 51.2 Å². The first-order valence-electron chi connectivity index (χ1n) is 3.88. The van der Waals surface area contributed by atoms with Gasteiger partial charge in [0.05, 0.1) is 17.2 Å². The third kappa shape index (κ3) is 2.83. The third-order valence-corrected chi connectivity index (χ3v) is 1.89. The van der Waals surface area contributed by atoms with E-state index in [9.17, 15) is 4.79 Å². The van der Waals surface area contributed by atoms with E-state index in [-0.39, 0.29) is 15.7 Å². The van der Waals surface area contributed by atoms with E-state index in [1.54, 1.807) is 6.92 Å². The van der Waals surface area contributed by atoms with Gasteiger partial charge in [-0.15, -0.1) is 0 Å². The second-order valence-corrected chi connectivity index (χ2v) is 3.15. The maximum atomic E-state index is 11.3. The van der Waals surface area contributed by atoms with Crippen molar-refractivity contribution in [1.82, 2.24) is 10.5 Å². The Kier molecular flexibility index (Phi) is 4.13. The fraction of sp³-hybridized carbons (Fsp3) is 0.250. The van der Waals surface area contributed by atoms with Crippen LogP contribution in [0.15, 0.2) is 12.3 Å². The van der Waals surface area contributed by atoms with Crippen LogP contribution in [-0.2, 0) is 4.84 Å². The van der Waals surface area contributed by atoms with Gasteiger partial charge >= 0.3 is 0 Å². The molecular weight excluding hydrogens is 227 g/mol.